The van der Waals surface area contributed by atoms with Crippen molar-refractivity contribution in [3.8, 4) is 5.75 Å². The molecule has 0 aliphatic heterocycles. The van der Waals surface area contributed by atoms with E-state index in [-0.39, 0.29) is 56.4 Å². The van der Waals surface area contributed by atoms with Crippen LogP contribution in [-0.4, -0.2) is 135 Å². The summed E-state index contributed by atoms with van der Waals surface area (Å²) >= 11 is 0. The van der Waals surface area contributed by atoms with Gasteiger partial charge < -0.3 is 69.2 Å². The van der Waals surface area contributed by atoms with E-state index in [1.165, 1.54) is 38.5 Å². The number of H-pyrrole nitrogens is 1. The van der Waals surface area contributed by atoms with Crippen LogP contribution in [0.5, 0.6) is 5.75 Å². The van der Waals surface area contributed by atoms with E-state index in [9.17, 15) is 48.6 Å². The first kappa shape index (κ1) is 57.3. The van der Waals surface area contributed by atoms with Gasteiger partial charge in [-0.1, -0.05) is 60.1 Å². The van der Waals surface area contributed by atoms with Crippen molar-refractivity contribution >= 4 is 53.3 Å². The van der Waals surface area contributed by atoms with Crippen LogP contribution in [0.4, 0.5) is 0 Å². The van der Waals surface area contributed by atoms with E-state index >= 15 is 0 Å². The topological polar surface area (TPSA) is 366 Å². The van der Waals surface area contributed by atoms with Crippen LogP contribution in [0, 0.1) is 17.8 Å². The van der Waals surface area contributed by atoms with Gasteiger partial charge in [0.2, 0.25) is 41.4 Å². The molecule has 0 saturated heterocycles. The third-order valence-corrected chi connectivity index (χ3v) is 10.9. The third kappa shape index (κ3) is 19.6. The third-order valence-electron chi connectivity index (χ3n) is 10.9. The summed E-state index contributed by atoms with van der Waals surface area (Å²) in [6.45, 7) is 13.3. The fourth-order valence-corrected chi connectivity index (χ4v) is 6.84. The normalized spacial score (nSPS) is 14.5. The number of aromatic nitrogens is 2. The maximum atomic E-state index is 14.4. The minimum absolute atomic E-state index is 0.0435. The highest BCUT2D eigenvalue weighted by Gasteiger charge is 2.38. The van der Waals surface area contributed by atoms with Crippen molar-refractivity contribution in [2.24, 2.45) is 34.2 Å². The van der Waals surface area contributed by atoms with Gasteiger partial charge in [0.05, 0.1) is 12.9 Å². The number of phenols is 1. The number of rotatable bonds is 29. The van der Waals surface area contributed by atoms with E-state index in [1.54, 1.807) is 46.9 Å². The molecule has 0 aliphatic rings. The summed E-state index contributed by atoms with van der Waals surface area (Å²) in [5, 5.41) is 41.1. The Morgan fingerprint density at radius 1 is 0.765 bits per heavy atom. The van der Waals surface area contributed by atoms with Crippen molar-refractivity contribution in [3.05, 3.63) is 48.0 Å². The number of likely N-dealkylation sites (N-methyl/N-ethyl adjacent to an activating group) is 1. The van der Waals surface area contributed by atoms with Gasteiger partial charge >= 0.3 is 5.97 Å². The number of carboxylic acids is 1. The van der Waals surface area contributed by atoms with Crippen LogP contribution in [0.25, 0.3) is 0 Å². The summed E-state index contributed by atoms with van der Waals surface area (Å²) in [6, 6.07) is -1.58. The summed E-state index contributed by atoms with van der Waals surface area (Å²) < 4.78 is 0. The van der Waals surface area contributed by atoms with E-state index in [0.717, 1.165) is 0 Å². The highest BCUT2D eigenvalue weighted by atomic mass is 16.4. The number of benzene rings is 1. The Balaban J connectivity index is 2.45. The molecule has 0 aliphatic carbocycles. The minimum atomic E-state index is -1.65. The van der Waals surface area contributed by atoms with Crippen LogP contribution >= 0.6 is 0 Å². The summed E-state index contributed by atoms with van der Waals surface area (Å²) in [5.41, 5.74) is 10.2. The Hall–Kier alpha value is -6.78. The van der Waals surface area contributed by atoms with Gasteiger partial charge in [0.15, 0.2) is 5.96 Å². The number of aromatic hydroxyl groups is 1. The van der Waals surface area contributed by atoms with Gasteiger partial charge in [0.1, 0.15) is 47.5 Å². The van der Waals surface area contributed by atoms with E-state index < -0.39 is 101 Å². The first-order chi connectivity index (χ1) is 31.9. The Bertz CT molecular complexity index is 2020. The largest absolute Gasteiger partial charge is 0.508 e. The predicted octanol–water partition coefficient (Wildman–Crippen LogP) is -1.19. The first-order valence-corrected chi connectivity index (χ1v) is 22.7. The molecule has 0 saturated carbocycles. The molecular formula is C45H73N13O10. The predicted molar refractivity (Wildman–Crippen MR) is 253 cm³/mol. The monoisotopic (exact) mass is 956 g/mol. The molecule has 0 fully saturated rings. The molecule has 0 radical (unpaired) electrons. The van der Waals surface area contributed by atoms with Gasteiger partial charge in [0.25, 0.3) is 0 Å². The number of aromatic amines is 1. The molecule has 378 valence electrons. The molecule has 1 aromatic carbocycles. The zero-order valence-corrected chi connectivity index (χ0v) is 40.5. The summed E-state index contributed by atoms with van der Waals surface area (Å²) in [6.07, 6.45) is 3.54. The van der Waals surface area contributed by atoms with Gasteiger partial charge in [-0.05, 0) is 75.6 Å². The Morgan fingerprint density at radius 3 is 1.90 bits per heavy atom. The first-order valence-electron chi connectivity index (χ1n) is 22.7. The van der Waals surface area contributed by atoms with Crippen LogP contribution in [0.2, 0.25) is 0 Å². The van der Waals surface area contributed by atoms with E-state index in [4.69, 9.17) is 11.5 Å². The van der Waals surface area contributed by atoms with Crippen LogP contribution in [-0.2, 0) is 51.2 Å². The average molecular weight is 956 g/mol. The second-order valence-corrected chi connectivity index (χ2v) is 18.1. The minimum Gasteiger partial charge on any atom is -0.508 e. The van der Waals surface area contributed by atoms with Crippen molar-refractivity contribution in [1.82, 2.24) is 52.5 Å². The number of carbonyl (C=O) groups is 8. The highest BCUT2D eigenvalue weighted by Crippen LogP contribution is 2.15. The average Bonchev–Trinajstić information content (AvgIpc) is 3.77. The van der Waals surface area contributed by atoms with E-state index in [2.05, 4.69) is 57.5 Å². The second-order valence-electron chi connectivity index (χ2n) is 18.1. The Kier molecular flexibility index (Phi) is 23.4. The molecule has 0 bridgehead atoms. The Morgan fingerprint density at radius 2 is 1.35 bits per heavy atom. The zero-order valence-electron chi connectivity index (χ0n) is 40.5. The fraction of sp³-hybridized carbons (Fsp3) is 0.600. The zero-order chi connectivity index (χ0) is 51.3. The van der Waals surface area contributed by atoms with Gasteiger partial charge in [-0.25, -0.2) is 9.78 Å². The number of hydrogen-bond donors (Lipinski definition) is 13. The molecule has 2 aromatic rings. The molecule has 23 heteroatoms. The summed E-state index contributed by atoms with van der Waals surface area (Å²) in [5.74, 6) is -7.59. The van der Waals surface area contributed by atoms with Crippen LogP contribution in [0.3, 0.4) is 0 Å². The van der Waals surface area contributed by atoms with Crippen LogP contribution < -0.4 is 54.0 Å². The van der Waals surface area contributed by atoms with Gasteiger partial charge in [-0.15, -0.1) is 0 Å². The van der Waals surface area contributed by atoms with Crippen molar-refractivity contribution in [2.45, 2.75) is 136 Å². The van der Waals surface area contributed by atoms with Crippen molar-refractivity contribution in [2.75, 3.05) is 20.1 Å². The number of phenolic OH excluding ortho intramolecular Hbond substituents is 1. The molecule has 68 heavy (non-hydrogen) atoms. The lowest BCUT2D eigenvalue weighted by Crippen LogP contribution is -2.63. The van der Waals surface area contributed by atoms with Crippen LogP contribution in [0.15, 0.2) is 41.8 Å². The molecule has 0 unspecified atom stereocenters. The molecule has 0 spiro atoms. The molecule has 15 N–H and O–H groups in total. The molecule has 7 amide bonds. The summed E-state index contributed by atoms with van der Waals surface area (Å²) in [4.78, 5) is 119. The number of nitrogens with two attached hydrogens (primary N) is 2. The number of hydrogen-bond acceptors (Lipinski definition) is 12. The van der Waals surface area contributed by atoms with Gasteiger partial charge in [-0.3, -0.25) is 38.6 Å². The maximum absolute atomic E-state index is 14.4. The molecule has 7 atom stereocenters. The smallest absolute Gasteiger partial charge is 0.326 e. The number of aliphatic imine (C=N–C) groups is 1. The van der Waals surface area contributed by atoms with Crippen molar-refractivity contribution < 1.29 is 48.6 Å². The molecule has 23 nitrogen and oxygen atoms in total. The van der Waals surface area contributed by atoms with E-state index in [0.29, 0.717) is 24.1 Å². The van der Waals surface area contributed by atoms with Crippen molar-refractivity contribution in [3.63, 3.8) is 0 Å². The number of nitrogens with zero attached hydrogens (tertiary/aromatic N) is 2. The second kappa shape index (κ2) is 27.8. The number of aliphatic carboxylic acids is 1. The number of nitrogens with one attached hydrogen (secondary N) is 9. The number of amides is 7. The molecule has 1 aromatic heterocycles. The van der Waals surface area contributed by atoms with Crippen LogP contribution in [0.1, 0.15) is 92.3 Å². The molecular weight excluding hydrogens is 883 g/mol. The van der Waals surface area contributed by atoms with E-state index in [1.807, 2.05) is 13.8 Å². The SMILES string of the molecule is CC[C@H](C)[C@@H](NC(=O)C(C)(C)NC(=O)[C@@H](Cc1cnc[nH]1)NC(=O)[C@H](CC(C)C)NC(=O)[C@@H](Cc1ccc(O)cc1)NC(=O)[C@H](NC(=O)[C@@H](CCCN=C(N)N)NC(=O)CNC)C(C)C)C(=O)O. The molecule has 1 heterocycles. The number of carbonyl (C=O) groups excluding carboxylic acids is 7. The standard InChI is InChI=1S/C45H73N13O10/c1-10-26(6)36(42(66)67)57-43(68)45(7,8)58-40(64)33(20-28-21-49-23-51-28)54-38(62)31(18-24(2)3)53-39(63)32(19-27-13-15-29(59)16-14-27)55-41(65)35(25(4)5)56-37(61)30(52-34(60)22-48-9)12-11-17-50-44(46)47/h13-16,21,23-26,30-33,35-36,48,59H,10-12,17-20,22H2,1-9H3,(H,49,51)(H,52,60)(H,53,63)(H,54,62)(H,55,65)(H,56,61)(H,57,68)(H,58,64)(H,66,67)(H4,46,47,50)/t26-,30+,31-,32+,33+,35+,36+/m0/s1. The van der Waals surface area contributed by atoms with Crippen molar-refractivity contribution in [1.29, 1.82) is 0 Å². The van der Waals surface area contributed by atoms with Gasteiger partial charge in [-0.2, -0.15) is 0 Å². The maximum Gasteiger partial charge on any atom is 0.326 e. The highest BCUT2D eigenvalue weighted by molar-refractivity contribution is 5.98. The lowest BCUT2D eigenvalue weighted by atomic mass is 9.96. The quantitative estimate of drug-likeness (QED) is 0.0259. The number of imidazole rings is 1. The lowest BCUT2D eigenvalue weighted by Gasteiger charge is -2.31. The summed E-state index contributed by atoms with van der Waals surface area (Å²) in [7, 11) is 1.56. The Labute approximate surface area is 397 Å². The van der Waals surface area contributed by atoms with Gasteiger partial charge in [0, 0.05) is 31.3 Å². The lowest BCUT2D eigenvalue weighted by molar-refractivity contribution is -0.144. The molecule has 2 rings (SSSR count). The number of guanidine groups is 1. The number of carboxylic acid groups (broad SMARTS) is 1. The fourth-order valence-electron chi connectivity index (χ4n) is 6.84.